The molecule has 10 heteroatoms. The Morgan fingerprint density at radius 2 is 1.79 bits per heavy atom. The van der Waals surface area contributed by atoms with Crippen molar-refractivity contribution in [1.29, 1.82) is 0 Å². The summed E-state index contributed by atoms with van der Waals surface area (Å²) in [6.07, 6.45) is 5.63. The molecule has 0 spiro atoms. The molecule has 1 amide bonds. The van der Waals surface area contributed by atoms with Gasteiger partial charge in [0.25, 0.3) is 0 Å². The highest BCUT2D eigenvalue weighted by atomic mass is 32.2. The molecule has 9 nitrogen and oxygen atoms in total. The van der Waals surface area contributed by atoms with E-state index < -0.39 is 5.97 Å². The number of thioether (sulfide) groups is 1. The minimum atomic E-state index is -0.879. The topological polar surface area (TPSA) is 112 Å². The number of carbonyl (C=O) groups excluding carboxylic acids is 1. The Morgan fingerprint density at radius 1 is 1.03 bits per heavy atom. The number of nitrogens with one attached hydrogen (secondary N) is 1. The zero-order chi connectivity index (χ0) is 23.0. The molecule has 1 aliphatic rings. The second-order valence-corrected chi connectivity index (χ2v) is 8.66. The molecule has 1 aliphatic heterocycles. The van der Waals surface area contributed by atoms with Crippen molar-refractivity contribution < 1.29 is 19.4 Å². The van der Waals surface area contributed by atoms with E-state index in [0.29, 0.717) is 37.5 Å². The van der Waals surface area contributed by atoms with E-state index in [1.54, 1.807) is 35.1 Å². The summed E-state index contributed by atoms with van der Waals surface area (Å²) in [7, 11) is 0. The average molecular weight is 468 g/mol. The Morgan fingerprint density at radius 3 is 2.42 bits per heavy atom. The van der Waals surface area contributed by atoms with E-state index in [1.807, 2.05) is 36.5 Å². The molecule has 0 unspecified atom stereocenters. The van der Waals surface area contributed by atoms with E-state index in [-0.39, 0.29) is 12.5 Å². The molecular formula is C23H25N5O4S. The molecule has 1 fully saturated rings. The molecule has 33 heavy (non-hydrogen) atoms. The number of rotatable bonds is 8. The number of carboxylic acids is 1. The molecule has 2 N–H and O–H groups in total. The van der Waals surface area contributed by atoms with Crippen LogP contribution in [0.2, 0.25) is 0 Å². The van der Waals surface area contributed by atoms with Gasteiger partial charge in [0.15, 0.2) is 5.16 Å². The van der Waals surface area contributed by atoms with Crippen molar-refractivity contribution in [2.45, 2.75) is 18.0 Å². The monoisotopic (exact) mass is 467 g/mol. The van der Waals surface area contributed by atoms with Gasteiger partial charge in [0, 0.05) is 50.5 Å². The van der Waals surface area contributed by atoms with Gasteiger partial charge >= 0.3 is 12.1 Å². The number of aliphatic carboxylic acids is 1. The van der Waals surface area contributed by atoms with E-state index in [0.717, 1.165) is 23.1 Å². The average Bonchev–Trinajstić information content (AvgIpc) is 3.34. The van der Waals surface area contributed by atoms with Crippen molar-refractivity contribution in [1.82, 2.24) is 19.9 Å². The third kappa shape index (κ3) is 6.48. The van der Waals surface area contributed by atoms with Gasteiger partial charge in [0.1, 0.15) is 11.6 Å². The van der Waals surface area contributed by atoms with Gasteiger partial charge in [-0.15, -0.1) is 0 Å². The van der Waals surface area contributed by atoms with E-state index in [9.17, 15) is 9.59 Å². The van der Waals surface area contributed by atoms with Crippen molar-refractivity contribution in [3.8, 4) is 5.75 Å². The van der Waals surface area contributed by atoms with Crippen molar-refractivity contribution >= 4 is 29.6 Å². The minimum absolute atomic E-state index is 0.0439. The lowest BCUT2D eigenvalue weighted by Gasteiger charge is -2.34. The molecule has 0 atom stereocenters. The summed E-state index contributed by atoms with van der Waals surface area (Å²) in [4.78, 5) is 38.7. The van der Waals surface area contributed by atoms with E-state index >= 15 is 0 Å². The summed E-state index contributed by atoms with van der Waals surface area (Å²) in [5, 5.41) is 9.77. The first kappa shape index (κ1) is 22.7. The quantitative estimate of drug-likeness (QED) is 0.486. The number of piperazine rings is 1. The normalized spacial score (nSPS) is 13.7. The first-order chi connectivity index (χ1) is 16.1. The van der Waals surface area contributed by atoms with Gasteiger partial charge in [-0.2, -0.15) is 0 Å². The highest BCUT2D eigenvalue weighted by Crippen LogP contribution is 2.19. The lowest BCUT2D eigenvalue weighted by atomic mass is 10.2. The van der Waals surface area contributed by atoms with E-state index in [2.05, 4.69) is 19.9 Å². The Balaban J connectivity index is 1.21. The van der Waals surface area contributed by atoms with Gasteiger partial charge in [0.2, 0.25) is 0 Å². The van der Waals surface area contributed by atoms with Crippen LogP contribution in [0.4, 0.5) is 10.6 Å². The molecule has 1 saturated heterocycles. The van der Waals surface area contributed by atoms with Crippen LogP contribution in [0.25, 0.3) is 0 Å². The molecule has 172 valence electrons. The number of ether oxygens (including phenoxy) is 1. The van der Waals surface area contributed by atoms with Crippen LogP contribution in [0, 0.1) is 0 Å². The fourth-order valence-corrected chi connectivity index (χ4v) is 4.30. The third-order valence-corrected chi connectivity index (χ3v) is 6.16. The van der Waals surface area contributed by atoms with Crippen LogP contribution in [-0.4, -0.2) is 69.0 Å². The molecule has 2 aromatic heterocycles. The van der Waals surface area contributed by atoms with Crippen LogP contribution in [0.15, 0.2) is 60.1 Å². The number of hydrogen-bond donors (Lipinski definition) is 2. The van der Waals surface area contributed by atoms with Crippen LogP contribution in [-0.2, 0) is 17.6 Å². The van der Waals surface area contributed by atoms with Crippen LogP contribution < -0.4 is 9.64 Å². The summed E-state index contributed by atoms with van der Waals surface area (Å²) < 4.78 is 5.54. The first-order valence-corrected chi connectivity index (χ1v) is 11.6. The number of hydrogen-bond acceptors (Lipinski definition) is 7. The maximum Gasteiger partial charge on any atom is 0.415 e. The number of aryl methyl sites for hydroxylation is 1. The lowest BCUT2D eigenvalue weighted by Crippen LogP contribution is -2.49. The van der Waals surface area contributed by atoms with Gasteiger partial charge in [-0.05, 0) is 35.7 Å². The summed E-state index contributed by atoms with van der Waals surface area (Å²) >= 11 is 1.67. The highest BCUT2D eigenvalue weighted by molar-refractivity contribution is 7.99. The number of amides is 1. The Hall–Kier alpha value is -3.53. The molecular weight excluding hydrogens is 442 g/mol. The number of aromatic nitrogens is 3. The second-order valence-electron chi connectivity index (χ2n) is 7.57. The maximum atomic E-state index is 12.5. The summed E-state index contributed by atoms with van der Waals surface area (Å²) in [5.41, 5.74) is 1.83. The van der Waals surface area contributed by atoms with Crippen molar-refractivity contribution in [3.05, 3.63) is 66.1 Å². The van der Waals surface area contributed by atoms with Gasteiger partial charge in [-0.1, -0.05) is 30.0 Å². The first-order valence-electron chi connectivity index (χ1n) is 10.7. The Kier molecular flexibility index (Phi) is 7.46. The number of carboxylic acid groups (broad SMARTS) is 1. The van der Waals surface area contributed by atoms with Gasteiger partial charge in [-0.3, -0.25) is 4.79 Å². The van der Waals surface area contributed by atoms with Crippen LogP contribution in [0.5, 0.6) is 5.75 Å². The van der Waals surface area contributed by atoms with Gasteiger partial charge in [-0.25, -0.2) is 14.8 Å². The molecule has 0 radical (unpaired) electrons. The Labute approximate surface area is 195 Å². The molecule has 1 aromatic carbocycles. The number of imidazole rings is 1. The lowest BCUT2D eigenvalue weighted by molar-refractivity contribution is -0.136. The standard InChI is InChI=1S/C23H25N5O4S/c29-21(30)15-18-3-6-20(26-16-18)27-10-12-28(13-11-27)23(31)32-19-4-1-17(2-5-19)7-14-33-22-24-8-9-25-22/h1-6,8-9,16H,7,10-15H2,(H,24,25)(H,29,30). The SMILES string of the molecule is O=C(O)Cc1ccc(N2CCN(C(=O)Oc3ccc(CCSc4ncc[nH]4)cc3)CC2)nc1. The Bertz CT molecular complexity index is 1050. The van der Waals surface area contributed by atoms with Gasteiger partial charge < -0.3 is 24.6 Å². The minimum Gasteiger partial charge on any atom is -0.481 e. The largest absolute Gasteiger partial charge is 0.481 e. The number of anilines is 1. The number of H-pyrrole nitrogens is 1. The number of pyridine rings is 1. The fraction of sp³-hybridized carbons (Fsp3) is 0.304. The zero-order valence-electron chi connectivity index (χ0n) is 18.0. The van der Waals surface area contributed by atoms with Crippen molar-refractivity contribution in [2.24, 2.45) is 0 Å². The number of nitrogens with zero attached hydrogens (tertiary/aromatic N) is 4. The fourth-order valence-electron chi connectivity index (χ4n) is 3.49. The molecule has 3 heterocycles. The molecule has 3 aromatic rings. The summed E-state index contributed by atoms with van der Waals surface area (Å²) in [6, 6.07) is 11.2. The van der Waals surface area contributed by atoms with Crippen LogP contribution in [0.3, 0.4) is 0 Å². The molecule has 0 saturated carbocycles. The van der Waals surface area contributed by atoms with Crippen LogP contribution >= 0.6 is 11.8 Å². The van der Waals surface area contributed by atoms with Crippen molar-refractivity contribution in [2.75, 3.05) is 36.8 Å². The number of carbonyl (C=O) groups is 2. The third-order valence-electron chi connectivity index (χ3n) is 5.26. The zero-order valence-corrected chi connectivity index (χ0v) is 18.8. The van der Waals surface area contributed by atoms with Gasteiger partial charge in [0.05, 0.1) is 6.42 Å². The van der Waals surface area contributed by atoms with Crippen molar-refractivity contribution in [3.63, 3.8) is 0 Å². The van der Waals surface area contributed by atoms with E-state index in [1.165, 1.54) is 5.56 Å². The predicted molar refractivity (Wildman–Crippen MR) is 125 cm³/mol. The number of aromatic amines is 1. The van der Waals surface area contributed by atoms with Crippen LogP contribution in [0.1, 0.15) is 11.1 Å². The second kappa shape index (κ2) is 10.9. The smallest absolute Gasteiger partial charge is 0.415 e. The summed E-state index contributed by atoms with van der Waals surface area (Å²) in [6.45, 7) is 2.32. The number of benzene rings is 1. The molecule has 0 aliphatic carbocycles. The highest BCUT2D eigenvalue weighted by Gasteiger charge is 2.23. The maximum absolute atomic E-state index is 12.5. The molecule has 4 rings (SSSR count). The summed E-state index contributed by atoms with van der Waals surface area (Å²) in [5.74, 6) is 1.34. The molecule has 0 bridgehead atoms. The predicted octanol–water partition coefficient (Wildman–Crippen LogP) is 3.09. The van der Waals surface area contributed by atoms with E-state index in [4.69, 9.17) is 9.84 Å².